The molecule has 0 bridgehead atoms. The summed E-state index contributed by atoms with van der Waals surface area (Å²) in [5.74, 6) is 0. The molecule has 0 amide bonds. The highest BCUT2D eigenvalue weighted by molar-refractivity contribution is 6.09. The number of allylic oxidation sites excluding steroid dienone is 2. The summed E-state index contributed by atoms with van der Waals surface area (Å²) in [6, 6.07) is 7.95. The number of hydrogen-bond donors (Lipinski definition) is 0. The minimum absolute atomic E-state index is 0.185. The zero-order chi connectivity index (χ0) is 12.1. The highest BCUT2D eigenvalue weighted by Gasteiger charge is 1.98. The fraction of sp³-hybridized carbons (Fsp3) is 0.143. The molecule has 16 heavy (non-hydrogen) atoms. The van der Waals surface area contributed by atoms with Crippen LogP contribution in [-0.4, -0.2) is 6.21 Å². The molecule has 0 fully saturated rings. The third kappa shape index (κ3) is 2.93. The summed E-state index contributed by atoms with van der Waals surface area (Å²) >= 11 is 0. The molecule has 0 heterocycles. The molecular formula is C14H14N2. The Hall–Kier alpha value is -2.14. The van der Waals surface area contributed by atoms with Gasteiger partial charge in [-0.15, -0.1) is 0 Å². The molecule has 0 aliphatic rings. The molecule has 0 radical (unpaired) electrons. The Morgan fingerprint density at radius 1 is 1.31 bits per heavy atom. The zero-order valence-electron chi connectivity index (χ0n) is 9.62. The van der Waals surface area contributed by atoms with Crippen LogP contribution < -0.4 is 0 Å². The van der Waals surface area contributed by atoms with Gasteiger partial charge in [-0.2, -0.15) is 5.26 Å². The summed E-state index contributed by atoms with van der Waals surface area (Å²) < 4.78 is 0. The fourth-order valence-electron chi connectivity index (χ4n) is 1.20. The predicted molar refractivity (Wildman–Crippen MR) is 68.2 cm³/mol. The fourth-order valence-corrected chi connectivity index (χ4v) is 1.20. The largest absolute Gasteiger partial charge is 0.246 e. The molecule has 2 heteroatoms. The lowest BCUT2D eigenvalue weighted by Crippen LogP contribution is -1.88. The van der Waals surface area contributed by atoms with Crippen LogP contribution in [0.15, 0.2) is 42.0 Å². The van der Waals surface area contributed by atoms with Crippen LogP contribution in [0.4, 0.5) is 0 Å². The first kappa shape index (κ1) is 11.9. The lowest BCUT2D eigenvalue weighted by atomic mass is 10.0. The molecule has 1 aromatic carbocycles. The van der Waals surface area contributed by atoms with Crippen LogP contribution in [-0.2, 0) is 0 Å². The maximum Gasteiger partial charge on any atom is 0.133 e. The van der Waals surface area contributed by atoms with Crippen LogP contribution in [0.2, 0.25) is 0 Å². The monoisotopic (exact) mass is 210 g/mol. The summed E-state index contributed by atoms with van der Waals surface area (Å²) in [4.78, 5) is 3.89. The Labute approximate surface area is 96.3 Å². The molecular weight excluding hydrogens is 196 g/mol. The van der Waals surface area contributed by atoms with Crippen LogP contribution in [0, 0.1) is 25.2 Å². The van der Waals surface area contributed by atoms with Gasteiger partial charge in [0.15, 0.2) is 0 Å². The molecule has 0 atom stereocenters. The van der Waals surface area contributed by atoms with Crippen molar-refractivity contribution in [3.05, 3.63) is 53.7 Å². The van der Waals surface area contributed by atoms with Gasteiger partial charge in [-0.1, -0.05) is 31.4 Å². The number of nitriles is 1. The van der Waals surface area contributed by atoms with Gasteiger partial charge >= 0.3 is 0 Å². The molecule has 0 saturated carbocycles. The smallest absolute Gasteiger partial charge is 0.133 e. The molecule has 1 rings (SSSR count). The van der Waals surface area contributed by atoms with Crippen molar-refractivity contribution >= 4 is 11.8 Å². The lowest BCUT2D eigenvalue weighted by Gasteiger charge is -2.04. The second kappa shape index (κ2) is 5.09. The minimum Gasteiger partial charge on any atom is -0.246 e. The Bertz CT molecular complexity index is 502. The summed E-state index contributed by atoms with van der Waals surface area (Å²) in [5.41, 5.74) is 4.43. The van der Waals surface area contributed by atoms with E-state index in [0.717, 1.165) is 11.1 Å². The molecule has 0 saturated heterocycles. The second-order valence-electron chi connectivity index (χ2n) is 3.64. The summed E-state index contributed by atoms with van der Waals surface area (Å²) in [5, 5.41) is 8.51. The Morgan fingerprint density at radius 3 is 2.56 bits per heavy atom. The zero-order valence-corrected chi connectivity index (χ0v) is 9.62. The predicted octanol–water partition coefficient (Wildman–Crippen LogP) is 3.42. The molecule has 0 aliphatic carbocycles. The van der Waals surface area contributed by atoms with Gasteiger partial charge in [-0.05, 0) is 36.1 Å². The lowest BCUT2D eigenvalue weighted by molar-refractivity contribution is 1.33. The maximum atomic E-state index is 8.51. The molecule has 0 N–H and O–H groups in total. The molecule has 1 aromatic rings. The number of hydrogen-bond acceptors (Lipinski definition) is 2. The number of rotatable bonds is 3. The average molecular weight is 210 g/mol. The summed E-state index contributed by atoms with van der Waals surface area (Å²) in [6.45, 7) is 11.5. The van der Waals surface area contributed by atoms with E-state index in [1.165, 1.54) is 11.1 Å². The van der Waals surface area contributed by atoms with Crippen molar-refractivity contribution < 1.29 is 0 Å². The second-order valence-corrected chi connectivity index (χ2v) is 3.64. The molecule has 0 spiro atoms. The van der Waals surface area contributed by atoms with Gasteiger partial charge in [0.05, 0.1) is 0 Å². The molecule has 80 valence electrons. The van der Waals surface area contributed by atoms with Crippen LogP contribution in [0.1, 0.15) is 16.7 Å². The number of aliphatic imine (C=N–C) groups is 1. The van der Waals surface area contributed by atoms with Crippen LogP contribution in [0.5, 0.6) is 0 Å². The standard InChI is InChI=1S/C14H14N2/c1-10-5-6-14(7-11(10)2)12(3)9-16-13(4)8-15/h5-7,9H,3-4H2,1-2H3. The van der Waals surface area contributed by atoms with Crippen molar-refractivity contribution in [3.8, 4) is 6.07 Å². The highest BCUT2D eigenvalue weighted by Crippen LogP contribution is 2.15. The van der Waals surface area contributed by atoms with E-state index in [1.807, 2.05) is 18.2 Å². The van der Waals surface area contributed by atoms with Crippen molar-refractivity contribution in [1.82, 2.24) is 0 Å². The number of aryl methyl sites for hydroxylation is 2. The quantitative estimate of drug-likeness (QED) is 0.556. The van der Waals surface area contributed by atoms with Crippen LogP contribution >= 0.6 is 0 Å². The van der Waals surface area contributed by atoms with Gasteiger partial charge in [0.25, 0.3) is 0 Å². The topological polar surface area (TPSA) is 36.1 Å². The van der Waals surface area contributed by atoms with Crippen LogP contribution in [0.3, 0.4) is 0 Å². The molecule has 0 aromatic heterocycles. The molecule has 0 unspecified atom stereocenters. The van der Waals surface area contributed by atoms with E-state index in [0.29, 0.717) is 0 Å². The van der Waals surface area contributed by atoms with Gasteiger partial charge < -0.3 is 0 Å². The summed E-state index contributed by atoms with van der Waals surface area (Å²) in [7, 11) is 0. The van der Waals surface area contributed by atoms with Crippen molar-refractivity contribution in [1.29, 1.82) is 5.26 Å². The van der Waals surface area contributed by atoms with E-state index >= 15 is 0 Å². The Balaban J connectivity index is 2.90. The van der Waals surface area contributed by atoms with E-state index < -0.39 is 0 Å². The van der Waals surface area contributed by atoms with E-state index in [1.54, 1.807) is 6.21 Å². The van der Waals surface area contributed by atoms with Crippen molar-refractivity contribution in [2.75, 3.05) is 0 Å². The van der Waals surface area contributed by atoms with E-state index in [2.05, 4.69) is 38.1 Å². The van der Waals surface area contributed by atoms with Crippen molar-refractivity contribution in [3.63, 3.8) is 0 Å². The highest BCUT2D eigenvalue weighted by atomic mass is 14.7. The number of nitrogens with zero attached hydrogens (tertiary/aromatic N) is 2. The van der Waals surface area contributed by atoms with Gasteiger partial charge in [0.2, 0.25) is 0 Å². The average Bonchev–Trinajstić information content (AvgIpc) is 2.29. The Kier molecular flexibility index (Phi) is 3.79. The van der Waals surface area contributed by atoms with Gasteiger partial charge in [-0.25, -0.2) is 4.99 Å². The van der Waals surface area contributed by atoms with Crippen LogP contribution in [0.25, 0.3) is 5.57 Å². The van der Waals surface area contributed by atoms with Gasteiger partial charge in [0, 0.05) is 6.21 Å². The molecule has 2 nitrogen and oxygen atoms in total. The van der Waals surface area contributed by atoms with Crippen molar-refractivity contribution in [2.24, 2.45) is 4.99 Å². The third-order valence-corrected chi connectivity index (χ3v) is 2.38. The van der Waals surface area contributed by atoms with E-state index in [4.69, 9.17) is 5.26 Å². The summed E-state index contributed by atoms with van der Waals surface area (Å²) in [6.07, 6.45) is 1.57. The molecule has 0 aliphatic heterocycles. The normalized spacial score (nSPS) is 10.1. The first-order valence-electron chi connectivity index (χ1n) is 4.94. The van der Waals surface area contributed by atoms with Gasteiger partial charge in [0.1, 0.15) is 11.8 Å². The van der Waals surface area contributed by atoms with E-state index in [9.17, 15) is 0 Å². The van der Waals surface area contributed by atoms with Gasteiger partial charge in [-0.3, -0.25) is 0 Å². The first-order valence-corrected chi connectivity index (χ1v) is 4.94. The minimum atomic E-state index is 0.185. The third-order valence-electron chi connectivity index (χ3n) is 2.38. The van der Waals surface area contributed by atoms with E-state index in [-0.39, 0.29) is 5.70 Å². The SMILES string of the molecule is C=C(C#N)N=CC(=C)c1ccc(C)c(C)c1. The number of benzene rings is 1. The Morgan fingerprint density at radius 2 is 2.00 bits per heavy atom. The maximum absolute atomic E-state index is 8.51. The van der Waals surface area contributed by atoms with Crippen molar-refractivity contribution in [2.45, 2.75) is 13.8 Å². The first-order chi connectivity index (χ1) is 7.54.